The van der Waals surface area contributed by atoms with Crippen LogP contribution in [0.25, 0.3) is 0 Å². The fourth-order valence-corrected chi connectivity index (χ4v) is 2.22. The molecule has 0 aliphatic carbocycles. The smallest absolute Gasteiger partial charge is 0.308 e. The molecule has 1 N–H and O–H groups in total. The number of hydrogen-bond acceptors (Lipinski definition) is 3. The Morgan fingerprint density at radius 3 is 2.88 bits per heavy atom. The number of carboxylic acid groups (broad SMARTS) is 1. The number of anilines is 1. The molecule has 0 aromatic carbocycles. The fourth-order valence-electron chi connectivity index (χ4n) is 1.68. The van der Waals surface area contributed by atoms with Gasteiger partial charge in [0.15, 0.2) is 0 Å². The lowest BCUT2D eigenvalue weighted by atomic mass is 10.1. The Morgan fingerprint density at radius 1 is 1.65 bits per heavy atom. The molecule has 1 atom stereocenters. The molecule has 1 unspecified atom stereocenters. The molecule has 17 heavy (non-hydrogen) atoms. The van der Waals surface area contributed by atoms with Crippen molar-refractivity contribution in [2.45, 2.75) is 6.42 Å². The van der Waals surface area contributed by atoms with E-state index in [4.69, 9.17) is 5.11 Å². The van der Waals surface area contributed by atoms with E-state index >= 15 is 0 Å². The maximum absolute atomic E-state index is 12.8. The fraction of sp³-hybridized carbons (Fsp3) is 0.300. The van der Waals surface area contributed by atoms with Crippen LogP contribution in [0.1, 0.15) is 6.42 Å². The van der Waals surface area contributed by atoms with E-state index in [1.165, 1.54) is 11.0 Å². The molecule has 2 heterocycles. The first-order valence-corrected chi connectivity index (χ1v) is 5.62. The standard InChI is InChI=1S/C10H8BrFN2O3/c11-7-2-6(12)3-13-9(7)14-4-5(10(16)17)1-8(14)15/h2-3,5H,1,4H2,(H,16,17). The minimum Gasteiger partial charge on any atom is -0.481 e. The summed E-state index contributed by atoms with van der Waals surface area (Å²) in [5, 5.41) is 8.84. The third kappa shape index (κ3) is 2.28. The third-order valence-corrected chi connectivity index (χ3v) is 3.10. The van der Waals surface area contributed by atoms with Crippen LogP contribution >= 0.6 is 15.9 Å². The summed E-state index contributed by atoms with van der Waals surface area (Å²) in [6.45, 7) is 0.0609. The van der Waals surface area contributed by atoms with Crippen LogP contribution in [-0.4, -0.2) is 28.5 Å². The van der Waals surface area contributed by atoms with Crippen molar-refractivity contribution in [1.82, 2.24) is 4.98 Å². The van der Waals surface area contributed by atoms with Crippen LogP contribution in [-0.2, 0) is 9.59 Å². The van der Waals surface area contributed by atoms with E-state index in [2.05, 4.69) is 20.9 Å². The molecule has 1 aromatic heterocycles. The van der Waals surface area contributed by atoms with E-state index in [9.17, 15) is 14.0 Å². The lowest BCUT2D eigenvalue weighted by Crippen LogP contribution is -2.27. The second kappa shape index (κ2) is 4.40. The summed E-state index contributed by atoms with van der Waals surface area (Å²) in [7, 11) is 0. The van der Waals surface area contributed by atoms with Gasteiger partial charge in [0.2, 0.25) is 5.91 Å². The molecule has 0 spiro atoms. The first-order chi connectivity index (χ1) is 7.99. The second-order valence-electron chi connectivity index (χ2n) is 3.70. The van der Waals surface area contributed by atoms with Crippen LogP contribution < -0.4 is 4.90 Å². The predicted molar refractivity (Wildman–Crippen MR) is 60.0 cm³/mol. The number of carboxylic acids is 1. The van der Waals surface area contributed by atoms with Crippen LogP contribution in [0.3, 0.4) is 0 Å². The first kappa shape index (κ1) is 12.0. The zero-order chi connectivity index (χ0) is 12.6. The summed E-state index contributed by atoms with van der Waals surface area (Å²) in [5.41, 5.74) is 0. The van der Waals surface area contributed by atoms with Crippen LogP contribution in [0.4, 0.5) is 10.2 Å². The molecule has 0 saturated carbocycles. The average molecular weight is 303 g/mol. The van der Waals surface area contributed by atoms with Gasteiger partial charge in [-0.1, -0.05) is 0 Å². The molecule has 1 fully saturated rings. The second-order valence-corrected chi connectivity index (χ2v) is 4.56. The zero-order valence-corrected chi connectivity index (χ0v) is 10.1. The molecule has 1 aliphatic rings. The molecule has 5 nitrogen and oxygen atoms in total. The van der Waals surface area contributed by atoms with Crippen LogP contribution in [0.2, 0.25) is 0 Å². The van der Waals surface area contributed by atoms with E-state index in [0.29, 0.717) is 4.47 Å². The van der Waals surface area contributed by atoms with E-state index in [-0.39, 0.29) is 24.7 Å². The van der Waals surface area contributed by atoms with Crippen molar-refractivity contribution in [3.8, 4) is 0 Å². The molecule has 1 aliphatic heterocycles. The number of halogens is 2. The van der Waals surface area contributed by atoms with Crippen molar-refractivity contribution in [3.05, 3.63) is 22.6 Å². The Hall–Kier alpha value is -1.50. The van der Waals surface area contributed by atoms with Gasteiger partial charge in [-0.15, -0.1) is 0 Å². The Labute approximate surface area is 104 Å². The van der Waals surface area contributed by atoms with Crippen LogP contribution in [0.15, 0.2) is 16.7 Å². The predicted octanol–water partition coefficient (Wildman–Crippen LogP) is 1.42. The Morgan fingerprint density at radius 2 is 2.35 bits per heavy atom. The van der Waals surface area contributed by atoms with Gasteiger partial charge in [0.1, 0.15) is 11.6 Å². The number of carbonyl (C=O) groups excluding carboxylic acids is 1. The minimum atomic E-state index is -1.01. The molecule has 90 valence electrons. The SMILES string of the molecule is O=C(O)C1CC(=O)N(c2ncc(F)cc2Br)C1. The molecule has 0 bridgehead atoms. The topological polar surface area (TPSA) is 70.5 Å². The van der Waals surface area contributed by atoms with Crippen molar-refractivity contribution in [3.63, 3.8) is 0 Å². The lowest BCUT2D eigenvalue weighted by Gasteiger charge is -2.16. The Balaban J connectivity index is 2.29. The van der Waals surface area contributed by atoms with Gasteiger partial charge in [-0.3, -0.25) is 14.5 Å². The summed E-state index contributed by atoms with van der Waals surface area (Å²) in [5.74, 6) is -2.35. The van der Waals surface area contributed by atoms with Crippen molar-refractivity contribution in [2.24, 2.45) is 5.92 Å². The Bertz CT molecular complexity index is 494. The highest BCUT2D eigenvalue weighted by atomic mass is 79.9. The van der Waals surface area contributed by atoms with Gasteiger partial charge in [0.25, 0.3) is 0 Å². The molecule has 1 amide bonds. The van der Waals surface area contributed by atoms with Gasteiger partial charge in [-0.25, -0.2) is 9.37 Å². The third-order valence-electron chi connectivity index (χ3n) is 2.52. The van der Waals surface area contributed by atoms with Crippen molar-refractivity contribution in [1.29, 1.82) is 0 Å². The monoisotopic (exact) mass is 302 g/mol. The largest absolute Gasteiger partial charge is 0.481 e. The van der Waals surface area contributed by atoms with E-state index < -0.39 is 17.7 Å². The van der Waals surface area contributed by atoms with Crippen LogP contribution in [0.5, 0.6) is 0 Å². The normalized spacial score (nSPS) is 19.8. The summed E-state index contributed by atoms with van der Waals surface area (Å²) >= 11 is 3.10. The minimum absolute atomic E-state index is 0.0547. The quantitative estimate of drug-likeness (QED) is 0.897. The van der Waals surface area contributed by atoms with Gasteiger partial charge in [0, 0.05) is 13.0 Å². The lowest BCUT2D eigenvalue weighted by molar-refractivity contribution is -0.141. The zero-order valence-electron chi connectivity index (χ0n) is 8.56. The number of nitrogens with zero attached hydrogens (tertiary/aromatic N) is 2. The van der Waals surface area contributed by atoms with Crippen molar-refractivity contribution >= 4 is 33.6 Å². The first-order valence-electron chi connectivity index (χ1n) is 4.83. The molecule has 0 radical (unpaired) electrons. The van der Waals surface area contributed by atoms with Gasteiger partial charge in [0.05, 0.1) is 16.6 Å². The van der Waals surface area contributed by atoms with Gasteiger partial charge in [-0.2, -0.15) is 0 Å². The van der Waals surface area contributed by atoms with Crippen molar-refractivity contribution < 1.29 is 19.1 Å². The number of amides is 1. The molecular weight excluding hydrogens is 295 g/mol. The number of pyridine rings is 1. The van der Waals surface area contributed by atoms with Crippen LogP contribution in [0, 0.1) is 11.7 Å². The highest BCUT2D eigenvalue weighted by Crippen LogP contribution is 2.29. The average Bonchev–Trinajstić information content (AvgIpc) is 2.61. The molecule has 1 aromatic rings. The van der Waals surface area contributed by atoms with E-state index in [0.717, 1.165) is 6.20 Å². The number of aliphatic carboxylic acids is 1. The molecule has 1 saturated heterocycles. The summed E-state index contributed by atoms with van der Waals surface area (Å²) in [6, 6.07) is 1.18. The van der Waals surface area contributed by atoms with Gasteiger partial charge < -0.3 is 5.11 Å². The highest BCUT2D eigenvalue weighted by molar-refractivity contribution is 9.10. The Kier molecular flexibility index (Phi) is 3.10. The number of rotatable bonds is 2. The molecule has 7 heteroatoms. The maximum atomic E-state index is 12.8. The summed E-state index contributed by atoms with van der Waals surface area (Å²) in [6.07, 6.45) is 0.933. The molecule has 2 rings (SSSR count). The molecular formula is C10H8BrFN2O3. The van der Waals surface area contributed by atoms with E-state index in [1.807, 2.05) is 0 Å². The number of carbonyl (C=O) groups is 2. The van der Waals surface area contributed by atoms with E-state index in [1.54, 1.807) is 0 Å². The number of aromatic nitrogens is 1. The maximum Gasteiger partial charge on any atom is 0.308 e. The van der Waals surface area contributed by atoms with Crippen molar-refractivity contribution in [2.75, 3.05) is 11.4 Å². The highest BCUT2D eigenvalue weighted by Gasteiger charge is 2.36. The number of hydrogen-bond donors (Lipinski definition) is 1. The van der Waals surface area contributed by atoms with Gasteiger partial charge >= 0.3 is 5.97 Å². The summed E-state index contributed by atoms with van der Waals surface area (Å²) in [4.78, 5) is 27.5. The summed E-state index contributed by atoms with van der Waals surface area (Å²) < 4.78 is 13.2. The van der Waals surface area contributed by atoms with Gasteiger partial charge in [-0.05, 0) is 22.0 Å².